The van der Waals surface area contributed by atoms with Crippen molar-refractivity contribution in [3.63, 3.8) is 0 Å². The van der Waals surface area contributed by atoms with Gasteiger partial charge in [-0.25, -0.2) is 0 Å². The predicted molar refractivity (Wildman–Crippen MR) is 118 cm³/mol. The summed E-state index contributed by atoms with van der Waals surface area (Å²) in [7, 11) is 0. The van der Waals surface area contributed by atoms with Crippen molar-refractivity contribution in [2.24, 2.45) is 5.73 Å². The van der Waals surface area contributed by atoms with E-state index in [-0.39, 0.29) is 11.9 Å². The van der Waals surface area contributed by atoms with E-state index in [4.69, 9.17) is 17.3 Å². The van der Waals surface area contributed by atoms with E-state index in [1.54, 1.807) is 0 Å². The molecule has 3 N–H and O–H groups in total. The minimum Gasteiger partial charge on any atom is -0.368 e. The number of halogens is 1. The van der Waals surface area contributed by atoms with Crippen molar-refractivity contribution in [1.29, 1.82) is 0 Å². The first kappa shape index (κ1) is 20.2. The zero-order valence-corrected chi connectivity index (χ0v) is 18.0. The Morgan fingerprint density at radius 2 is 1.90 bits per heavy atom. The van der Waals surface area contributed by atoms with Crippen molar-refractivity contribution in [1.82, 2.24) is 4.90 Å². The van der Waals surface area contributed by atoms with E-state index in [9.17, 15) is 9.59 Å². The van der Waals surface area contributed by atoms with E-state index >= 15 is 0 Å². The summed E-state index contributed by atoms with van der Waals surface area (Å²) in [6.07, 6.45) is 2.86. The molecule has 2 aromatic rings. The quantitative estimate of drug-likeness (QED) is 0.760. The highest BCUT2D eigenvalue weighted by molar-refractivity contribution is 7.17. The third-order valence-corrected chi connectivity index (χ3v) is 7.37. The summed E-state index contributed by atoms with van der Waals surface area (Å²) in [5, 5.41) is 4.32. The standard InChI is InChI=1S/C21H25ClN4O2S/c1-13(25-9-11-26(12-10-25)16-7-3-2-6-15(16)22)20(28)24-21-18(19(23)27)14-5-4-8-17(14)29-21/h2-3,6-7,13H,4-5,8-12H2,1H3,(H2,23,27)(H,24,28). The second-order valence-electron chi connectivity index (χ2n) is 7.57. The Labute approximate surface area is 179 Å². The van der Waals surface area contributed by atoms with Gasteiger partial charge >= 0.3 is 0 Å². The maximum atomic E-state index is 12.9. The number of piperazine rings is 1. The maximum Gasteiger partial charge on any atom is 0.251 e. The van der Waals surface area contributed by atoms with E-state index in [1.165, 1.54) is 16.2 Å². The number of fused-ring (bicyclic) bond motifs is 1. The molecule has 2 amide bonds. The van der Waals surface area contributed by atoms with Crippen molar-refractivity contribution in [2.45, 2.75) is 32.2 Å². The number of hydrogen-bond donors (Lipinski definition) is 2. The number of anilines is 2. The van der Waals surface area contributed by atoms with Gasteiger partial charge in [-0.1, -0.05) is 23.7 Å². The molecule has 1 aliphatic heterocycles. The normalized spacial score (nSPS) is 17.8. The third-order valence-electron chi connectivity index (χ3n) is 5.84. The number of nitrogens with zero attached hydrogens (tertiary/aromatic N) is 2. The lowest BCUT2D eigenvalue weighted by atomic mass is 10.1. The number of nitrogens with one attached hydrogen (secondary N) is 1. The second-order valence-corrected chi connectivity index (χ2v) is 9.08. The Hall–Kier alpha value is -2.09. The average Bonchev–Trinajstić information content (AvgIpc) is 3.28. The van der Waals surface area contributed by atoms with Gasteiger partial charge in [-0.15, -0.1) is 11.3 Å². The number of hydrogen-bond acceptors (Lipinski definition) is 5. The van der Waals surface area contributed by atoms with Crippen LogP contribution < -0.4 is 16.0 Å². The molecule has 1 saturated heterocycles. The molecule has 29 heavy (non-hydrogen) atoms. The molecule has 0 bridgehead atoms. The van der Waals surface area contributed by atoms with Gasteiger partial charge in [0.2, 0.25) is 5.91 Å². The fraction of sp³-hybridized carbons (Fsp3) is 0.429. The lowest BCUT2D eigenvalue weighted by Crippen LogP contribution is -2.52. The van der Waals surface area contributed by atoms with Crippen LogP contribution in [0.5, 0.6) is 0 Å². The van der Waals surface area contributed by atoms with Crippen LogP contribution in [0.1, 0.15) is 34.1 Å². The number of carbonyl (C=O) groups is 2. The van der Waals surface area contributed by atoms with Gasteiger partial charge in [-0.05, 0) is 43.9 Å². The Bertz CT molecular complexity index is 937. The predicted octanol–water partition coefficient (Wildman–Crippen LogP) is 3.14. The summed E-state index contributed by atoms with van der Waals surface area (Å²) in [4.78, 5) is 30.4. The van der Waals surface area contributed by atoms with E-state index in [1.807, 2.05) is 31.2 Å². The van der Waals surface area contributed by atoms with Gasteiger partial charge in [0, 0.05) is 31.1 Å². The van der Waals surface area contributed by atoms with Gasteiger partial charge in [0.25, 0.3) is 5.91 Å². The molecular weight excluding hydrogens is 408 g/mol. The van der Waals surface area contributed by atoms with E-state index in [2.05, 4.69) is 15.1 Å². The van der Waals surface area contributed by atoms with Gasteiger partial charge in [0.15, 0.2) is 0 Å². The van der Waals surface area contributed by atoms with Crippen molar-refractivity contribution in [2.75, 3.05) is 36.4 Å². The van der Waals surface area contributed by atoms with E-state index < -0.39 is 5.91 Å². The average molecular weight is 433 g/mol. The molecule has 6 nitrogen and oxygen atoms in total. The first-order valence-electron chi connectivity index (χ1n) is 9.94. The molecular formula is C21H25ClN4O2S. The summed E-state index contributed by atoms with van der Waals surface area (Å²) < 4.78 is 0. The Morgan fingerprint density at radius 1 is 1.17 bits per heavy atom. The molecule has 154 valence electrons. The smallest absolute Gasteiger partial charge is 0.251 e. The summed E-state index contributed by atoms with van der Waals surface area (Å²) in [5.74, 6) is -0.556. The van der Waals surface area contributed by atoms with Crippen molar-refractivity contribution >= 4 is 45.4 Å². The number of rotatable bonds is 5. The summed E-state index contributed by atoms with van der Waals surface area (Å²) in [5.41, 5.74) is 8.16. The molecule has 8 heteroatoms. The van der Waals surface area contributed by atoms with Crippen molar-refractivity contribution in [3.05, 3.63) is 45.3 Å². The van der Waals surface area contributed by atoms with Crippen LogP contribution in [0.4, 0.5) is 10.7 Å². The fourth-order valence-electron chi connectivity index (χ4n) is 4.19. The summed E-state index contributed by atoms with van der Waals surface area (Å²) >= 11 is 7.81. The van der Waals surface area contributed by atoms with Crippen LogP contribution in [0.15, 0.2) is 24.3 Å². The van der Waals surface area contributed by atoms with Crippen LogP contribution in [0, 0.1) is 0 Å². The molecule has 0 saturated carbocycles. The number of thiophene rings is 1. The van der Waals surface area contributed by atoms with Crippen LogP contribution in [0.3, 0.4) is 0 Å². The number of para-hydroxylation sites is 1. The molecule has 4 rings (SSSR count). The highest BCUT2D eigenvalue weighted by Crippen LogP contribution is 2.39. The minimum absolute atomic E-state index is 0.0985. The molecule has 1 fully saturated rings. The molecule has 2 heterocycles. The largest absolute Gasteiger partial charge is 0.368 e. The number of primary amides is 1. The first-order chi connectivity index (χ1) is 14.0. The number of carbonyl (C=O) groups excluding carboxylic acids is 2. The van der Waals surface area contributed by atoms with Gasteiger partial charge in [-0.3, -0.25) is 14.5 Å². The Kier molecular flexibility index (Phi) is 5.81. The molecule has 2 aliphatic rings. The number of nitrogens with two attached hydrogens (primary N) is 1. The van der Waals surface area contributed by atoms with Crippen LogP contribution in [0.2, 0.25) is 5.02 Å². The molecule has 1 aromatic heterocycles. The summed E-state index contributed by atoms with van der Waals surface area (Å²) in [6, 6.07) is 7.54. The fourth-order valence-corrected chi connectivity index (χ4v) is 5.75. The van der Waals surface area contributed by atoms with Crippen molar-refractivity contribution < 1.29 is 9.59 Å². The van der Waals surface area contributed by atoms with Crippen LogP contribution in [0.25, 0.3) is 0 Å². The number of benzene rings is 1. The Morgan fingerprint density at radius 3 is 2.59 bits per heavy atom. The second kappa shape index (κ2) is 8.34. The molecule has 1 aromatic carbocycles. The summed E-state index contributed by atoms with van der Waals surface area (Å²) in [6.45, 7) is 5.06. The van der Waals surface area contributed by atoms with Crippen LogP contribution in [-0.2, 0) is 17.6 Å². The monoisotopic (exact) mass is 432 g/mol. The van der Waals surface area contributed by atoms with Crippen LogP contribution in [-0.4, -0.2) is 48.9 Å². The topological polar surface area (TPSA) is 78.7 Å². The lowest BCUT2D eigenvalue weighted by Gasteiger charge is -2.38. The van der Waals surface area contributed by atoms with E-state index in [0.717, 1.165) is 61.7 Å². The SMILES string of the molecule is CC(C(=O)Nc1sc2c(c1C(N)=O)CCC2)N1CCN(c2ccccc2Cl)CC1. The lowest BCUT2D eigenvalue weighted by molar-refractivity contribution is -0.120. The van der Waals surface area contributed by atoms with Crippen LogP contribution >= 0.6 is 22.9 Å². The van der Waals surface area contributed by atoms with E-state index in [0.29, 0.717) is 10.6 Å². The molecule has 0 radical (unpaired) electrons. The first-order valence-corrected chi connectivity index (χ1v) is 11.1. The number of amides is 2. The third kappa shape index (κ3) is 3.99. The van der Waals surface area contributed by atoms with Gasteiger partial charge in [0.1, 0.15) is 5.00 Å². The minimum atomic E-state index is -0.458. The zero-order valence-electron chi connectivity index (χ0n) is 16.4. The molecule has 1 unspecified atom stereocenters. The molecule has 1 aliphatic carbocycles. The maximum absolute atomic E-state index is 12.9. The highest BCUT2D eigenvalue weighted by atomic mass is 35.5. The van der Waals surface area contributed by atoms with Crippen molar-refractivity contribution in [3.8, 4) is 0 Å². The Balaban J connectivity index is 1.40. The number of aryl methyl sites for hydroxylation is 1. The molecule has 1 atom stereocenters. The highest BCUT2D eigenvalue weighted by Gasteiger charge is 2.30. The zero-order chi connectivity index (χ0) is 20.5. The van der Waals surface area contributed by atoms with Gasteiger partial charge in [-0.2, -0.15) is 0 Å². The van der Waals surface area contributed by atoms with Gasteiger partial charge in [0.05, 0.1) is 22.3 Å². The molecule has 0 spiro atoms. The van der Waals surface area contributed by atoms with Gasteiger partial charge < -0.3 is 16.0 Å².